The SMILES string of the molecule is CSC(SC)=C(/C=C/c1ccccc1)C(=O)c1ccc(Cl)cc1. The normalized spacial score (nSPS) is 10.7. The number of allylic oxidation sites excluding steroid dienone is 2. The minimum Gasteiger partial charge on any atom is -0.289 e. The van der Waals surface area contributed by atoms with Crippen LogP contribution in [0, 0.1) is 0 Å². The van der Waals surface area contributed by atoms with Crippen LogP contribution in [-0.2, 0) is 0 Å². The lowest BCUT2D eigenvalue weighted by molar-refractivity contribution is 0.103. The van der Waals surface area contributed by atoms with Crippen molar-refractivity contribution >= 4 is 47.0 Å². The largest absolute Gasteiger partial charge is 0.289 e. The van der Waals surface area contributed by atoms with Crippen LogP contribution in [0.4, 0.5) is 0 Å². The molecule has 0 saturated carbocycles. The van der Waals surface area contributed by atoms with Crippen LogP contribution in [-0.4, -0.2) is 18.3 Å². The van der Waals surface area contributed by atoms with E-state index >= 15 is 0 Å². The van der Waals surface area contributed by atoms with Gasteiger partial charge in [0.15, 0.2) is 5.78 Å². The molecule has 2 rings (SSSR count). The second kappa shape index (κ2) is 9.02. The Morgan fingerprint density at radius 2 is 1.57 bits per heavy atom. The van der Waals surface area contributed by atoms with Crippen molar-refractivity contribution in [3.05, 3.63) is 86.6 Å². The number of halogens is 1. The molecule has 2 aromatic rings. The van der Waals surface area contributed by atoms with Gasteiger partial charge in [-0.2, -0.15) is 0 Å². The third kappa shape index (κ3) is 5.03. The molecule has 0 radical (unpaired) electrons. The van der Waals surface area contributed by atoms with Crippen LogP contribution >= 0.6 is 35.1 Å². The number of hydrogen-bond donors (Lipinski definition) is 0. The van der Waals surface area contributed by atoms with E-state index in [1.54, 1.807) is 47.8 Å². The van der Waals surface area contributed by atoms with Crippen LogP contribution in [0.1, 0.15) is 15.9 Å². The summed E-state index contributed by atoms with van der Waals surface area (Å²) in [6.45, 7) is 0. The Balaban J connectivity index is 2.39. The number of carbonyl (C=O) groups is 1. The first-order valence-corrected chi connectivity index (χ1v) is 9.84. The molecule has 0 heterocycles. The van der Waals surface area contributed by atoms with Crippen molar-refractivity contribution in [2.24, 2.45) is 0 Å². The molecule has 0 aliphatic heterocycles. The number of Topliss-reactive ketones (excluding diaryl/α,β-unsaturated/α-hetero) is 1. The van der Waals surface area contributed by atoms with Gasteiger partial charge in [-0.15, -0.1) is 23.5 Å². The third-order valence-electron chi connectivity index (χ3n) is 3.18. The second-order valence-corrected chi connectivity index (χ2v) is 7.02. The summed E-state index contributed by atoms with van der Waals surface area (Å²) < 4.78 is 0.997. The first-order chi connectivity index (χ1) is 11.2. The molecule has 0 atom stereocenters. The van der Waals surface area contributed by atoms with Crippen molar-refractivity contribution in [1.29, 1.82) is 0 Å². The molecule has 0 fully saturated rings. The molecule has 118 valence electrons. The van der Waals surface area contributed by atoms with Gasteiger partial charge in [0.05, 0.1) is 4.24 Å². The lowest BCUT2D eigenvalue weighted by Crippen LogP contribution is -2.03. The van der Waals surface area contributed by atoms with E-state index in [1.807, 2.05) is 55.0 Å². The van der Waals surface area contributed by atoms with E-state index in [0.29, 0.717) is 16.2 Å². The van der Waals surface area contributed by atoms with Crippen molar-refractivity contribution in [2.75, 3.05) is 12.5 Å². The Kier molecular flexibility index (Phi) is 7.03. The van der Waals surface area contributed by atoms with Crippen molar-refractivity contribution in [2.45, 2.75) is 0 Å². The molecule has 0 aliphatic carbocycles. The molecule has 23 heavy (non-hydrogen) atoms. The van der Waals surface area contributed by atoms with Gasteiger partial charge in [0.1, 0.15) is 0 Å². The molecule has 0 aromatic heterocycles. The molecule has 0 aliphatic rings. The highest BCUT2D eigenvalue weighted by atomic mass is 35.5. The average Bonchev–Trinajstić information content (AvgIpc) is 2.59. The van der Waals surface area contributed by atoms with Gasteiger partial charge in [-0.3, -0.25) is 4.79 Å². The number of carbonyl (C=O) groups excluding carboxylic acids is 1. The summed E-state index contributed by atoms with van der Waals surface area (Å²) in [5.41, 5.74) is 2.41. The first kappa shape index (κ1) is 17.9. The van der Waals surface area contributed by atoms with E-state index < -0.39 is 0 Å². The van der Waals surface area contributed by atoms with E-state index in [-0.39, 0.29) is 5.78 Å². The van der Waals surface area contributed by atoms with E-state index in [1.165, 1.54) is 0 Å². The zero-order valence-electron chi connectivity index (χ0n) is 13.0. The lowest BCUT2D eigenvalue weighted by atomic mass is 10.0. The number of ketones is 1. The Morgan fingerprint density at radius 3 is 2.13 bits per heavy atom. The number of thioether (sulfide) groups is 2. The third-order valence-corrected chi connectivity index (χ3v) is 5.62. The van der Waals surface area contributed by atoms with Crippen molar-refractivity contribution in [1.82, 2.24) is 0 Å². The van der Waals surface area contributed by atoms with Gasteiger partial charge < -0.3 is 0 Å². The molecule has 0 N–H and O–H groups in total. The summed E-state index contributed by atoms with van der Waals surface area (Å²) >= 11 is 9.08. The highest BCUT2D eigenvalue weighted by molar-refractivity contribution is 8.21. The lowest BCUT2D eigenvalue weighted by Gasteiger charge is -2.08. The smallest absolute Gasteiger partial charge is 0.194 e. The predicted octanol–water partition coefficient (Wildman–Crippen LogP) is 6.17. The second-order valence-electron chi connectivity index (χ2n) is 4.69. The molecule has 1 nitrogen and oxygen atoms in total. The van der Waals surface area contributed by atoms with E-state index in [0.717, 1.165) is 9.80 Å². The first-order valence-electron chi connectivity index (χ1n) is 7.01. The zero-order valence-corrected chi connectivity index (χ0v) is 15.3. The van der Waals surface area contributed by atoms with Crippen LogP contribution in [0.25, 0.3) is 6.08 Å². The number of benzene rings is 2. The predicted molar refractivity (Wildman–Crippen MR) is 105 cm³/mol. The number of hydrogen-bond acceptors (Lipinski definition) is 3. The quantitative estimate of drug-likeness (QED) is 0.348. The van der Waals surface area contributed by atoms with Crippen molar-refractivity contribution in [3.63, 3.8) is 0 Å². The van der Waals surface area contributed by atoms with E-state index in [4.69, 9.17) is 11.6 Å². The fraction of sp³-hybridized carbons (Fsp3) is 0.105. The Labute approximate surface area is 150 Å². The maximum Gasteiger partial charge on any atom is 0.194 e. The Bertz CT molecular complexity index is 713. The topological polar surface area (TPSA) is 17.1 Å². The maximum atomic E-state index is 12.9. The zero-order chi connectivity index (χ0) is 16.7. The summed E-state index contributed by atoms with van der Waals surface area (Å²) in [6, 6.07) is 17.0. The fourth-order valence-electron chi connectivity index (χ4n) is 2.04. The molecule has 4 heteroatoms. The average molecular weight is 361 g/mol. The Hall–Kier alpha value is -1.42. The van der Waals surface area contributed by atoms with Crippen LogP contribution in [0.2, 0.25) is 5.02 Å². The minimum absolute atomic E-state index is 0.00699. The standard InChI is InChI=1S/C19H17ClOS2/c1-22-19(23-2)17(13-8-14-6-4-3-5-7-14)18(21)15-9-11-16(20)12-10-15/h3-13H,1-2H3/b13-8+. The maximum absolute atomic E-state index is 12.9. The Morgan fingerprint density at radius 1 is 0.957 bits per heavy atom. The fourth-order valence-corrected chi connectivity index (χ4v) is 3.59. The molecule has 0 unspecified atom stereocenters. The summed E-state index contributed by atoms with van der Waals surface area (Å²) in [5, 5.41) is 0.627. The van der Waals surface area contributed by atoms with Gasteiger partial charge in [0.25, 0.3) is 0 Å². The van der Waals surface area contributed by atoms with Gasteiger partial charge in [0.2, 0.25) is 0 Å². The molecule has 0 saturated heterocycles. The van der Waals surface area contributed by atoms with E-state index in [2.05, 4.69) is 0 Å². The summed E-state index contributed by atoms with van der Waals surface area (Å²) in [7, 11) is 0. The van der Waals surface area contributed by atoms with E-state index in [9.17, 15) is 4.79 Å². The van der Waals surface area contributed by atoms with Crippen LogP contribution < -0.4 is 0 Å². The van der Waals surface area contributed by atoms with Gasteiger partial charge in [0, 0.05) is 16.2 Å². The molecular formula is C19H17ClOS2. The molecule has 2 aromatic carbocycles. The monoisotopic (exact) mass is 360 g/mol. The van der Waals surface area contributed by atoms with Crippen molar-refractivity contribution in [3.8, 4) is 0 Å². The van der Waals surface area contributed by atoms with Crippen LogP contribution in [0.3, 0.4) is 0 Å². The molecule has 0 amide bonds. The van der Waals surface area contributed by atoms with Gasteiger partial charge >= 0.3 is 0 Å². The molecule has 0 spiro atoms. The highest BCUT2D eigenvalue weighted by Gasteiger charge is 2.14. The van der Waals surface area contributed by atoms with Crippen LogP contribution in [0.15, 0.2) is 70.5 Å². The van der Waals surface area contributed by atoms with Gasteiger partial charge in [-0.25, -0.2) is 0 Å². The summed E-state index contributed by atoms with van der Waals surface area (Å²) in [6.07, 6.45) is 7.83. The van der Waals surface area contributed by atoms with Crippen LogP contribution in [0.5, 0.6) is 0 Å². The minimum atomic E-state index is 0.00699. The molecule has 0 bridgehead atoms. The summed E-state index contributed by atoms with van der Waals surface area (Å²) in [4.78, 5) is 12.9. The highest BCUT2D eigenvalue weighted by Crippen LogP contribution is 2.30. The van der Waals surface area contributed by atoms with Crippen molar-refractivity contribution < 1.29 is 4.79 Å². The van der Waals surface area contributed by atoms with Gasteiger partial charge in [-0.1, -0.05) is 48.0 Å². The van der Waals surface area contributed by atoms with Gasteiger partial charge in [-0.05, 0) is 48.4 Å². The molecular weight excluding hydrogens is 344 g/mol. The number of rotatable bonds is 6. The summed E-state index contributed by atoms with van der Waals surface area (Å²) in [5.74, 6) is 0.00699.